The topological polar surface area (TPSA) is 89.7 Å². The molecule has 0 aliphatic heterocycles. The molecule has 3 N–H and O–H groups in total. The smallest absolute Gasteiger partial charge is 0.161 e. The van der Waals surface area contributed by atoms with E-state index in [2.05, 4.69) is 20.2 Å². The van der Waals surface area contributed by atoms with Crippen molar-refractivity contribution in [1.29, 1.82) is 0 Å². The van der Waals surface area contributed by atoms with E-state index in [4.69, 9.17) is 10.5 Å². The average molecular weight is 321 g/mol. The quantitative estimate of drug-likeness (QED) is 0.602. The van der Waals surface area contributed by atoms with Crippen molar-refractivity contribution < 1.29 is 9.13 Å². The molecule has 0 spiro atoms. The van der Waals surface area contributed by atoms with Gasteiger partial charge < -0.3 is 10.5 Å². The number of rotatable bonds is 3. The van der Waals surface area contributed by atoms with E-state index in [9.17, 15) is 4.39 Å². The lowest BCUT2D eigenvalue weighted by Crippen LogP contribution is -1.94. The molecular weight excluding hydrogens is 309 g/mol. The molecule has 0 unspecified atom stereocenters. The summed E-state index contributed by atoms with van der Waals surface area (Å²) in [6.45, 7) is 0. The molecule has 7 heteroatoms. The normalized spacial score (nSPS) is 10.9. The number of ether oxygens (including phenoxy) is 1. The Bertz CT molecular complexity index is 1020. The third kappa shape index (κ3) is 2.41. The molecule has 0 aliphatic carbocycles. The van der Waals surface area contributed by atoms with Gasteiger partial charge in [-0.2, -0.15) is 5.10 Å². The fourth-order valence-corrected chi connectivity index (χ4v) is 2.45. The van der Waals surface area contributed by atoms with Crippen LogP contribution >= 0.6 is 0 Å². The predicted molar refractivity (Wildman–Crippen MR) is 88.0 cm³/mol. The van der Waals surface area contributed by atoms with Crippen LogP contribution in [-0.2, 0) is 0 Å². The predicted octanol–water partition coefficient (Wildman–Crippen LogP) is 3.53. The van der Waals surface area contributed by atoms with Crippen LogP contribution in [0.1, 0.15) is 0 Å². The highest BCUT2D eigenvalue weighted by molar-refractivity contribution is 5.97. The zero-order valence-electron chi connectivity index (χ0n) is 12.4. The third-order valence-corrected chi connectivity index (χ3v) is 3.56. The number of hydrogen-bond acceptors (Lipinski definition) is 5. The summed E-state index contributed by atoms with van der Waals surface area (Å²) in [5, 5.41) is 7.34. The molecule has 0 bridgehead atoms. The van der Waals surface area contributed by atoms with E-state index < -0.39 is 5.82 Å². The second-order valence-corrected chi connectivity index (χ2v) is 5.11. The lowest BCUT2D eigenvalue weighted by Gasteiger charge is -2.07. The van der Waals surface area contributed by atoms with Gasteiger partial charge in [0.05, 0.1) is 5.39 Å². The number of nitrogens with one attached hydrogen (secondary N) is 1. The number of hydrogen-bond donors (Lipinski definition) is 2. The molecule has 0 atom stereocenters. The Balaban J connectivity index is 1.74. The summed E-state index contributed by atoms with van der Waals surface area (Å²) in [7, 11) is 0. The van der Waals surface area contributed by atoms with Crippen molar-refractivity contribution in [3.8, 4) is 22.8 Å². The highest BCUT2D eigenvalue weighted by atomic mass is 19.1. The summed E-state index contributed by atoms with van der Waals surface area (Å²) >= 11 is 0. The van der Waals surface area contributed by atoms with Crippen LogP contribution in [0.3, 0.4) is 0 Å². The average Bonchev–Trinajstić information content (AvgIpc) is 3.01. The van der Waals surface area contributed by atoms with Gasteiger partial charge in [-0.3, -0.25) is 5.10 Å². The monoisotopic (exact) mass is 321 g/mol. The molecule has 24 heavy (non-hydrogen) atoms. The molecule has 2 aromatic carbocycles. The number of halogens is 1. The maximum atomic E-state index is 14.6. The van der Waals surface area contributed by atoms with E-state index in [1.165, 1.54) is 12.4 Å². The molecule has 0 saturated heterocycles. The number of H-pyrrole nitrogens is 1. The lowest BCUT2D eigenvalue weighted by molar-refractivity contribution is 0.477. The summed E-state index contributed by atoms with van der Waals surface area (Å²) in [4.78, 5) is 7.96. The van der Waals surface area contributed by atoms with E-state index >= 15 is 0 Å². The Labute approximate surface area is 136 Å². The number of nitrogen functional groups attached to an aromatic ring is 1. The number of nitrogens with zero attached hydrogens (tertiary/aromatic N) is 3. The number of nitrogens with two attached hydrogens (primary N) is 1. The number of fused-ring (bicyclic) bond motifs is 1. The van der Waals surface area contributed by atoms with Gasteiger partial charge in [-0.15, -0.1) is 0 Å². The van der Waals surface area contributed by atoms with Crippen LogP contribution in [0.25, 0.3) is 22.3 Å². The highest BCUT2D eigenvalue weighted by Gasteiger charge is 2.16. The minimum atomic E-state index is -0.472. The SMILES string of the molecule is Nc1ncnc2[nH]nc(-c3ccc(Oc4ccccc4)cc3F)c12. The van der Waals surface area contributed by atoms with Crippen molar-refractivity contribution in [1.82, 2.24) is 20.2 Å². The number of aromatic amines is 1. The first kappa shape index (κ1) is 14.1. The summed E-state index contributed by atoms with van der Waals surface area (Å²) in [6.07, 6.45) is 1.33. The number of anilines is 1. The minimum Gasteiger partial charge on any atom is -0.457 e. The molecular formula is C17H12FN5O. The van der Waals surface area contributed by atoms with Gasteiger partial charge in [0.1, 0.15) is 35.2 Å². The Hall–Kier alpha value is -3.48. The van der Waals surface area contributed by atoms with Crippen molar-refractivity contribution >= 4 is 16.9 Å². The Morgan fingerprint density at radius 3 is 2.62 bits per heavy atom. The molecule has 0 fully saturated rings. The molecule has 2 aromatic heterocycles. The summed E-state index contributed by atoms with van der Waals surface area (Å²) in [5.41, 5.74) is 6.98. The first-order valence-corrected chi connectivity index (χ1v) is 7.20. The van der Waals surface area contributed by atoms with Crippen LogP contribution in [-0.4, -0.2) is 20.2 Å². The zero-order valence-corrected chi connectivity index (χ0v) is 12.4. The largest absolute Gasteiger partial charge is 0.457 e. The van der Waals surface area contributed by atoms with Crippen molar-refractivity contribution in [2.75, 3.05) is 5.73 Å². The van der Waals surface area contributed by atoms with Gasteiger partial charge in [-0.05, 0) is 24.3 Å². The van der Waals surface area contributed by atoms with Crippen molar-refractivity contribution in [2.45, 2.75) is 0 Å². The summed E-state index contributed by atoms with van der Waals surface area (Å²) in [5.74, 6) is 0.798. The van der Waals surface area contributed by atoms with Gasteiger partial charge >= 0.3 is 0 Å². The standard InChI is InChI=1S/C17H12FN5O/c18-13-8-11(24-10-4-2-1-3-5-10)6-7-12(13)15-14-16(19)20-9-21-17(14)23-22-15/h1-9H,(H3,19,20,21,22,23). The Kier molecular flexibility index (Phi) is 3.31. The van der Waals surface area contributed by atoms with E-state index in [-0.39, 0.29) is 5.82 Å². The third-order valence-electron chi connectivity index (χ3n) is 3.56. The molecule has 6 nitrogen and oxygen atoms in total. The number of aromatic nitrogens is 4. The second kappa shape index (κ2) is 5.62. The zero-order chi connectivity index (χ0) is 16.5. The van der Waals surface area contributed by atoms with Gasteiger partial charge in [0.2, 0.25) is 0 Å². The van der Waals surface area contributed by atoms with Crippen LogP contribution in [0.15, 0.2) is 54.9 Å². The van der Waals surface area contributed by atoms with Crippen molar-refractivity contribution in [2.24, 2.45) is 0 Å². The first-order chi connectivity index (χ1) is 11.7. The Morgan fingerprint density at radius 2 is 1.83 bits per heavy atom. The van der Waals surface area contributed by atoms with Crippen LogP contribution in [0.5, 0.6) is 11.5 Å². The van der Waals surface area contributed by atoms with Gasteiger partial charge in [0, 0.05) is 11.6 Å². The highest BCUT2D eigenvalue weighted by Crippen LogP contribution is 2.32. The van der Waals surface area contributed by atoms with E-state index in [0.717, 1.165) is 0 Å². The first-order valence-electron chi connectivity index (χ1n) is 7.20. The van der Waals surface area contributed by atoms with Crippen LogP contribution in [0.4, 0.5) is 10.2 Å². The lowest BCUT2D eigenvalue weighted by atomic mass is 10.1. The maximum absolute atomic E-state index is 14.6. The van der Waals surface area contributed by atoms with Crippen molar-refractivity contribution in [3.05, 3.63) is 60.7 Å². The molecule has 0 aliphatic rings. The maximum Gasteiger partial charge on any atom is 0.161 e. The minimum absolute atomic E-state index is 0.243. The van der Waals surface area contributed by atoms with Gasteiger partial charge in [0.25, 0.3) is 0 Å². The second-order valence-electron chi connectivity index (χ2n) is 5.11. The molecule has 118 valence electrons. The number of benzene rings is 2. The summed E-state index contributed by atoms with van der Waals surface area (Å²) < 4.78 is 20.2. The fourth-order valence-electron chi connectivity index (χ4n) is 2.45. The van der Waals surface area contributed by atoms with Crippen molar-refractivity contribution in [3.63, 3.8) is 0 Å². The van der Waals surface area contributed by atoms with Gasteiger partial charge in [-0.1, -0.05) is 18.2 Å². The molecule has 4 rings (SSSR count). The van der Waals surface area contributed by atoms with E-state index in [1.807, 2.05) is 18.2 Å². The molecule has 0 radical (unpaired) electrons. The summed E-state index contributed by atoms with van der Waals surface area (Å²) in [6, 6.07) is 13.7. The molecule has 2 heterocycles. The molecule has 0 saturated carbocycles. The van der Waals surface area contributed by atoms with Gasteiger partial charge in [-0.25, -0.2) is 14.4 Å². The van der Waals surface area contributed by atoms with E-state index in [0.29, 0.717) is 33.8 Å². The van der Waals surface area contributed by atoms with Crippen LogP contribution in [0, 0.1) is 5.82 Å². The number of para-hydroxylation sites is 1. The fraction of sp³-hybridized carbons (Fsp3) is 0. The van der Waals surface area contributed by atoms with Gasteiger partial charge in [0.15, 0.2) is 5.65 Å². The molecule has 4 aromatic rings. The van der Waals surface area contributed by atoms with E-state index in [1.54, 1.807) is 24.3 Å². The van der Waals surface area contributed by atoms with Crippen LogP contribution in [0.2, 0.25) is 0 Å². The van der Waals surface area contributed by atoms with Crippen LogP contribution < -0.4 is 10.5 Å². The molecule has 0 amide bonds. The Morgan fingerprint density at radius 1 is 1.00 bits per heavy atom.